The molecule has 0 aliphatic carbocycles. The van der Waals surface area contributed by atoms with Crippen LogP contribution in [0.15, 0.2) is 48.9 Å². The number of rotatable bonds is 7. The van der Waals surface area contributed by atoms with Crippen LogP contribution < -0.4 is 15.0 Å². The van der Waals surface area contributed by atoms with E-state index in [0.29, 0.717) is 39.1 Å². The van der Waals surface area contributed by atoms with Crippen LogP contribution in [0.3, 0.4) is 0 Å². The maximum atomic E-state index is 15.2. The van der Waals surface area contributed by atoms with Gasteiger partial charge < -0.3 is 19.9 Å². The number of hydrogen-bond donors (Lipinski definition) is 1. The molecule has 1 atom stereocenters. The molecular formula is C24H27FN6O. The smallest absolute Gasteiger partial charge is 0.156 e. The van der Waals surface area contributed by atoms with Gasteiger partial charge in [0, 0.05) is 44.0 Å². The average molecular weight is 435 g/mol. The fourth-order valence-electron chi connectivity index (χ4n) is 3.69. The van der Waals surface area contributed by atoms with E-state index in [9.17, 15) is 0 Å². The Morgan fingerprint density at radius 2 is 1.84 bits per heavy atom. The Labute approximate surface area is 186 Å². The highest BCUT2D eigenvalue weighted by molar-refractivity contribution is 5.98. The van der Waals surface area contributed by atoms with Crippen LogP contribution in [-0.4, -0.2) is 60.7 Å². The van der Waals surface area contributed by atoms with E-state index < -0.39 is 0 Å². The van der Waals surface area contributed by atoms with Gasteiger partial charge in [-0.25, -0.2) is 14.4 Å². The molecule has 166 valence electrons. The monoisotopic (exact) mass is 434 g/mol. The number of likely N-dealkylation sites (N-methyl/N-ethyl adjacent to an activating group) is 1. The molecule has 4 rings (SSSR count). The number of benzene rings is 2. The lowest BCUT2D eigenvalue weighted by Gasteiger charge is -2.22. The van der Waals surface area contributed by atoms with Crippen molar-refractivity contribution in [2.24, 2.45) is 0 Å². The Bertz CT molecular complexity index is 1260. The number of nitrogens with zero attached hydrogens (tertiary/aromatic N) is 5. The minimum absolute atomic E-state index is 0.0675. The Balaban J connectivity index is 1.82. The molecule has 0 amide bonds. The van der Waals surface area contributed by atoms with Gasteiger partial charge in [0.15, 0.2) is 5.82 Å². The standard InChI is InChI=1S/C24H27FN6O/c1-15(13-30(2)3)32-21-12-16(31(4)5)11-20-22(21)24(28-14-27-20)29-19-9-8-18-17(23(19)25)7-6-10-26-18/h6-12,14-15H,13H2,1-5H3,(H,27,28,29)/t15-/m1/s1. The van der Waals surface area contributed by atoms with E-state index in [0.717, 1.165) is 12.2 Å². The Kier molecular flexibility index (Phi) is 6.05. The van der Waals surface area contributed by atoms with Gasteiger partial charge in [-0.1, -0.05) is 0 Å². The summed E-state index contributed by atoms with van der Waals surface area (Å²) in [6.07, 6.45) is 3.05. The Morgan fingerprint density at radius 3 is 2.59 bits per heavy atom. The first-order valence-electron chi connectivity index (χ1n) is 10.4. The van der Waals surface area contributed by atoms with Gasteiger partial charge in [0.2, 0.25) is 0 Å². The molecule has 0 bridgehead atoms. The van der Waals surface area contributed by atoms with E-state index in [-0.39, 0.29) is 11.9 Å². The summed E-state index contributed by atoms with van der Waals surface area (Å²) in [7, 11) is 7.93. The van der Waals surface area contributed by atoms with Crippen molar-refractivity contribution in [3.05, 3.63) is 54.7 Å². The van der Waals surface area contributed by atoms with Crippen molar-refractivity contribution in [2.45, 2.75) is 13.0 Å². The average Bonchev–Trinajstić information content (AvgIpc) is 2.75. The van der Waals surface area contributed by atoms with E-state index in [1.807, 2.05) is 52.1 Å². The van der Waals surface area contributed by atoms with Gasteiger partial charge in [0.05, 0.1) is 22.1 Å². The largest absolute Gasteiger partial charge is 0.488 e. The predicted octanol–water partition coefficient (Wildman–Crippen LogP) is 4.46. The summed E-state index contributed by atoms with van der Waals surface area (Å²) in [5.74, 6) is 0.747. The summed E-state index contributed by atoms with van der Waals surface area (Å²) < 4.78 is 21.5. The topological polar surface area (TPSA) is 66.4 Å². The van der Waals surface area contributed by atoms with Gasteiger partial charge in [-0.15, -0.1) is 0 Å². The highest BCUT2D eigenvalue weighted by Gasteiger charge is 2.17. The van der Waals surface area contributed by atoms with Gasteiger partial charge in [-0.2, -0.15) is 0 Å². The molecule has 0 saturated carbocycles. The third kappa shape index (κ3) is 4.40. The predicted molar refractivity (Wildman–Crippen MR) is 127 cm³/mol. The molecule has 2 aromatic carbocycles. The second kappa shape index (κ2) is 8.92. The number of aromatic nitrogens is 3. The van der Waals surface area contributed by atoms with Crippen LogP contribution in [0, 0.1) is 5.82 Å². The molecule has 0 aliphatic rings. The van der Waals surface area contributed by atoms with Crippen LogP contribution in [0.5, 0.6) is 5.75 Å². The van der Waals surface area contributed by atoms with Crippen LogP contribution in [-0.2, 0) is 0 Å². The number of nitrogens with one attached hydrogen (secondary N) is 1. The SMILES string of the molecule is C[C@H](CN(C)C)Oc1cc(N(C)C)cc2ncnc(Nc3ccc4ncccc4c3F)c12. The summed E-state index contributed by atoms with van der Waals surface area (Å²) >= 11 is 0. The number of halogens is 1. The number of hydrogen-bond acceptors (Lipinski definition) is 7. The van der Waals surface area contributed by atoms with Crippen LogP contribution in [0.2, 0.25) is 0 Å². The Morgan fingerprint density at radius 1 is 1.03 bits per heavy atom. The summed E-state index contributed by atoms with van der Waals surface area (Å²) in [5.41, 5.74) is 2.58. The van der Waals surface area contributed by atoms with Crippen LogP contribution in [0.4, 0.5) is 21.6 Å². The first-order chi connectivity index (χ1) is 15.3. The fourth-order valence-corrected chi connectivity index (χ4v) is 3.69. The number of anilines is 3. The zero-order valence-corrected chi connectivity index (χ0v) is 18.9. The van der Waals surface area contributed by atoms with Crippen molar-refractivity contribution in [2.75, 3.05) is 45.0 Å². The zero-order chi connectivity index (χ0) is 22.8. The summed E-state index contributed by atoms with van der Waals surface area (Å²) in [4.78, 5) is 17.1. The molecule has 8 heteroatoms. The number of ether oxygens (including phenoxy) is 1. The molecule has 0 spiro atoms. The molecule has 0 fully saturated rings. The lowest BCUT2D eigenvalue weighted by molar-refractivity contribution is 0.179. The number of fused-ring (bicyclic) bond motifs is 2. The first-order valence-corrected chi connectivity index (χ1v) is 10.4. The molecule has 2 heterocycles. The molecule has 32 heavy (non-hydrogen) atoms. The van der Waals surface area contributed by atoms with E-state index >= 15 is 4.39 Å². The van der Waals surface area contributed by atoms with Crippen molar-refractivity contribution in [1.29, 1.82) is 0 Å². The summed E-state index contributed by atoms with van der Waals surface area (Å²) in [6, 6.07) is 10.8. The molecule has 0 saturated heterocycles. The molecule has 4 aromatic rings. The minimum Gasteiger partial charge on any atom is -0.488 e. The lowest BCUT2D eigenvalue weighted by atomic mass is 10.1. The third-order valence-corrected chi connectivity index (χ3v) is 5.13. The molecule has 0 unspecified atom stereocenters. The van der Waals surface area contributed by atoms with Crippen molar-refractivity contribution < 1.29 is 9.13 Å². The lowest BCUT2D eigenvalue weighted by Crippen LogP contribution is -2.28. The van der Waals surface area contributed by atoms with E-state index in [1.54, 1.807) is 30.5 Å². The fraction of sp³-hybridized carbons (Fsp3) is 0.292. The van der Waals surface area contributed by atoms with Crippen molar-refractivity contribution in [3.8, 4) is 5.75 Å². The van der Waals surface area contributed by atoms with Gasteiger partial charge >= 0.3 is 0 Å². The van der Waals surface area contributed by atoms with Crippen LogP contribution in [0.25, 0.3) is 21.8 Å². The summed E-state index contributed by atoms with van der Waals surface area (Å²) in [5, 5.41) is 4.30. The molecule has 0 aliphatic heterocycles. The van der Waals surface area contributed by atoms with Gasteiger partial charge in [0.1, 0.15) is 24.0 Å². The van der Waals surface area contributed by atoms with Crippen LogP contribution >= 0.6 is 0 Å². The molecule has 2 aromatic heterocycles. The van der Waals surface area contributed by atoms with Crippen molar-refractivity contribution >= 4 is 39.0 Å². The number of pyridine rings is 1. The minimum atomic E-state index is -0.379. The van der Waals surface area contributed by atoms with Gasteiger partial charge in [-0.05, 0) is 51.4 Å². The molecule has 1 N–H and O–H groups in total. The highest BCUT2D eigenvalue weighted by Crippen LogP contribution is 2.36. The quantitative estimate of drug-likeness (QED) is 0.461. The molecule has 7 nitrogen and oxygen atoms in total. The molecular weight excluding hydrogens is 407 g/mol. The zero-order valence-electron chi connectivity index (χ0n) is 18.9. The maximum absolute atomic E-state index is 15.2. The normalized spacial score (nSPS) is 12.3. The van der Waals surface area contributed by atoms with E-state index in [2.05, 4.69) is 25.2 Å². The van der Waals surface area contributed by atoms with E-state index in [1.165, 1.54) is 6.33 Å². The maximum Gasteiger partial charge on any atom is 0.156 e. The van der Waals surface area contributed by atoms with Crippen molar-refractivity contribution in [3.63, 3.8) is 0 Å². The van der Waals surface area contributed by atoms with Gasteiger partial charge in [-0.3, -0.25) is 4.98 Å². The summed E-state index contributed by atoms with van der Waals surface area (Å²) in [6.45, 7) is 2.76. The Hall–Kier alpha value is -3.52. The van der Waals surface area contributed by atoms with Crippen LogP contribution in [0.1, 0.15) is 6.92 Å². The van der Waals surface area contributed by atoms with Gasteiger partial charge in [0.25, 0.3) is 0 Å². The second-order valence-corrected chi connectivity index (χ2v) is 8.27. The first kappa shape index (κ1) is 21.7. The molecule has 0 radical (unpaired) electrons. The second-order valence-electron chi connectivity index (χ2n) is 8.27. The highest BCUT2D eigenvalue weighted by atomic mass is 19.1. The van der Waals surface area contributed by atoms with E-state index in [4.69, 9.17) is 4.74 Å². The van der Waals surface area contributed by atoms with Crippen molar-refractivity contribution in [1.82, 2.24) is 19.9 Å². The third-order valence-electron chi connectivity index (χ3n) is 5.13.